The fourth-order valence-corrected chi connectivity index (χ4v) is 1.02. The molecule has 0 aliphatic rings. The Kier molecular flexibility index (Phi) is 4.89. The first-order valence-electron chi connectivity index (χ1n) is 2.73. The van der Waals surface area contributed by atoms with Gasteiger partial charge in [0.25, 0.3) is 0 Å². The largest absolute Gasteiger partial charge is 0.316 e. The van der Waals surface area contributed by atoms with Crippen molar-refractivity contribution in [1.82, 2.24) is 5.32 Å². The summed E-state index contributed by atoms with van der Waals surface area (Å²) < 4.78 is 0.662. The SMILES string of the molecule is CNC(N)C[C@H](C)I. The Morgan fingerprint density at radius 3 is 2.38 bits per heavy atom. The summed E-state index contributed by atoms with van der Waals surface area (Å²) in [5.41, 5.74) is 5.56. The van der Waals surface area contributed by atoms with Gasteiger partial charge in [-0.1, -0.05) is 29.5 Å². The van der Waals surface area contributed by atoms with Crippen LogP contribution in [0.1, 0.15) is 13.3 Å². The highest BCUT2D eigenvalue weighted by molar-refractivity contribution is 14.1. The molecule has 50 valence electrons. The van der Waals surface area contributed by atoms with E-state index in [9.17, 15) is 0 Å². The second kappa shape index (κ2) is 4.52. The van der Waals surface area contributed by atoms with Gasteiger partial charge in [-0.25, -0.2) is 0 Å². The van der Waals surface area contributed by atoms with Gasteiger partial charge in [-0.3, -0.25) is 0 Å². The summed E-state index contributed by atoms with van der Waals surface area (Å²) >= 11 is 2.36. The van der Waals surface area contributed by atoms with Gasteiger partial charge < -0.3 is 11.1 Å². The predicted octanol–water partition coefficient (Wildman–Crippen LogP) is 0.704. The summed E-state index contributed by atoms with van der Waals surface area (Å²) in [5, 5.41) is 2.97. The molecule has 0 saturated carbocycles. The van der Waals surface area contributed by atoms with E-state index in [1.807, 2.05) is 7.05 Å². The lowest BCUT2D eigenvalue weighted by molar-refractivity contribution is 0.547. The minimum atomic E-state index is 0.168. The van der Waals surface area contributed by atoms with E-state index in [4.69, 9.17) is 5.73 Å². The van der Waals surface area contributed by atoms with Crippen LogP contribution in [0.3, 0.4) is 0 Å². The highest BCUT2D eigenvalue weighted by Gasteiger charge is 2.01. The number of hydrogen-bond donors (Lipinski definition) is 2. The highest BCUT2D eigenvalue weighted by Crippen LogP contribution is 2.03. The van der Waals surface area contributed by atoms with E-state index >= 15 is 0 Å². The first-order chi connectivity index (χ1) is 3.66. The van der Waals surface area contributed by atoms with Gasteiger partial charge in [-0.2, -0.15) is 0 Å². The Bertz CT molecular complexity index is 56.4. The quantitative estimate of drug-likeness (QED) is 0.424. The summed E-state index contributed by atoms with van der Waals surface area (Å²) in [6.45, 7) is 2.15. The molecule has 8 heavy (non-hydrogen) atoms. The third kappa shape index (κ3) is 4.80. The van der Waals surface area contributed by atoms with E-state index in [0.717, 1.165) is 6.42 Å². The molecule has 0 bridgehead atoms. The molecule has 2 nitrogen and oxygen atoms in total. The molecular formula is C5H13IN2. The van der Waals surface area contributed by atoms with Gasteiger partial charge in [0.2, 0.25) is 0 Å². The fraction of sp³-hybridized carbons (Fsp3) is 1.00. The van der Waals surface area contributed by atoms with Gasteiger partial charge >= 0.3 is 0 Å². The molecule has 0 amide bonds. The summed E-state index contributed by atoms with van der Waals surface area (Å²) in [5.74, 6) is 0. The Labute approximate surface area is 64.4 Å². The molecule has 0 aromatic heterocycles. The minimum absolute atomic E-state index is 0.168. The van der Waals surface area contributed by atoms with Crippen molar-refractivity contribution in [2.24, 2.45) is 5.73 Å². The zero-order chi connectivity index (χ0) is 6.57. The molecule has 0 rings (SSSR count). The second-order valence-corrected chi connectivity index (χ2v) is 4.04. The van der Waals surface area contributed by atoms with Gasteiger partial charge in [0, 0.05) is 3.92 Å². The average Bonchev–Trinajstić information content (AvgIpc) is 1.65. The van der Waals surface area contributed by atoms with Crippen LogP contribution >= 0.6 is 22.6 Å². The molecule has 0 radical (unpaired) electrons. The summed E-state index contributed by atoms with van der Waals surface area (Å²) in [4.78, 5) is 0. The van der Waals surface area contributed by atoms with Crippen molar-refractivity contribution in [3.05, 3.63) is 0 Å². The molecule has 0 aliphatic heterocycles. The zero-order valence-electron chi connectivity index (χ0n) is 5.32. The van der Waals surface area contributed by atoms with Crippen LogP contribution in [0.2, 0.25) is 0 Å². The number of nitrogens with one attached hydrogen (secondary N) is 1. The molecule has 2 atom stereocenters. The third-order valence-electron chi connectivity index (χ3n) is 0.950. The van der Waals surface area contributed by atoms with E-state index < -0.39 is 0 Å². The van der Waals surface area contributed by atoms with Gasteiger partial charge in [0.05, 0.1) is 6.17 Å². The molecule has 0 spiro atoms. The Morgan fingerprint density at radius 2 is 2.25 bits per heavy atom. The molecule has 0 fully saturated rings. The molecule has 0 aliphatic carbocycles. The van der Waals surface area contributed by atoms with Crippen LogP contribution in [0, 0.1) is 0 Å². The maximum atomic E-state index is 5.56. The standard InChI is InChI=1S/C5H13IN2/c1-4(6)3-5(7)8-2/h4-5,8H,3,7H2,1-2H3/t4-,5?/m0/s1. The van der Waals surface area contributed by atoms with E-state index in [0.29, 0.717) is 3.92 Å². The number of halogens is 1. The van der Waals surface area contributed by atoms with E-state index in [2.05, 4.69) is 34.8 Å². The average molecular weight is 228 g/mol. The fourth-order valence-electron chi connectivity index (χ4n) is 0.468. The van der Waals surface area contributed by atoms with Crippen molar-refractivity contribution in [2.75, 3.05) is 7.05 Å². The molecule has 3 N–H and O–H groups in total. The van der Waals surface area contributed by atoms with Crippen LogP contribution in [0.4, 0.5) is 0 Å². The van der Waals surface area contributed by atoms with Gasteiger partial charge in [-0.15, -0.1) is 0 Å². The van der Waals surface area contributed by atoms with Crippen molar-refractivity contribution in [1.29, 1.82) is 0 Å². The Hall–Kier alpha value is 0.650. The number of nitrogens with two attached hydrogens (primary N) is 1. The summed E-state index contributed by atoms with van der Waals surface area (Å²) in [6, 6.07) is 0. The van der Waals surface area contributed by atoms with Crippen molar-refractivity contribution in [3.8, 4) is 0 Å². The van der Waals surface area contributed by atoms with E-state index in [1.54, 1.807) is 0 Å². The van der Waals surface area contributed by atoms with Gasteiger partial charge in [0.1, 0.15) is 0 Å². The Balaban J connectivity index is 3.10. The smallest absolute Gasteiger partial charge is 0.0553 e. The summed E-state index contributed by atoms with van der Waals surface area (Å²) in [7, 11) is 1.88. The molecule has 0 heterocycles. The van der Waals surface area contributed by atoms with Crippen LogP contribution in [0.25, 0.3) is 0 Å². The molecule has 0 saturated heterocycles. The van der Waals surface area contributed by atoms with E-state index in [1.165, 1.54) is 0 Å². The van der Waals surface area contributed by atoms with Crippen LogP contribution in [0.15, 0.2) is 0 Å². The second-order valence-electron chi connectivity index (χ2n) is 1.91. The van der Waals surface area contributed by atoms with Crippen molar-refractivity contribution in [3.63, 3.8) is 0 Å². The van der Waals surface area contributed by atoms with Crippen molar-refractivity contribution < 1.29 is 0 Å². The first kappa shape index (κ1) is 8.65. The summed E-state index contributed by atoms with van der Waals surface area (Å²) in [6.07, 6.45) is 1.21. The highest BCUT2D eigenvalue weighted by atomic mass is 127. The maximum absolute atomic E-state index is 5.56. The molecular weight excluding hydrogens is 215 g/mol. The minimum Gasteiger partial charge on any atom is -0.316 e. The predicted molar refractivity (Wildman–Crippen MR) is 45.1 cm³/mol. The van der Waals surface area contributed by atoms with Crippen molar-refractivity contribution in [2.45, 2.75) is 23.4 Å². The lowest BCUT2D eigenvalue weighted by Crippen LogP contribution is -2.35. The molecule has 1 unspecified atom stereocenters. The lowest BCUT2D eigenvalue weighted by Gasteiger charge is -2.10. The number of rotatable bonds is 3. The normalized spacial score (nSPS) is 18.0. The third-order valence-corrected chi connectivity index (χ3v) is 1.46. The van der Waals surface area contributed by atoms with Crippen LogP contribution in [0.5, 0.6) is 0 Å². The van der Waals surface area contributed by atoms with Gasteiger partial charge in [-0.05, 0) is 13.5 Å². The molecule has 0 aromatic rings. The van der Waals surface area contributed by atoms with Gasteiger partial charge in [0.15, 0.2) is 0 Å². The van der Waals surface area contributed by atoms with E-state index in [-0.39, 0.29) is 6.17 Å². The lowest BCUT2D eigenvalue weighted by atomic mass is 10.3. The molecule has 0 aromatic carbocycles. The maximum Gasteiger partial charge on any atom is 0.0553 e. The topological polar surface area (TPSA) is 38.0 Å². The monoisotopic (exact) mass is 228 g/mol. The first-order valence-corrected chi connectivity index (χ1v) is 3.98. The number of alkyl halides is 1. The van der Waals surface area contributed by atoms with Crippen LogP contribution in [-0.2, 0) is 0 Å². The Morgan fingerprint density at radius 1 is 1.75 bits per heavy atom. The number of hydrogen-bond acceptors (Lipinski definition) is 2. The zero-order valence-corrected chi connectivity index (χ0v) is 7.47. The van der Waals surface area contributed by atoms with Crippen molar-refractivity contribution >= 4 is 22.6 Å². The van der Waals surface area contributed by atoms with Crippen LogP contribution in [-0.4, -0.2) is 17.1 Å². The molecule has 3 heteroatoms. The van der Waals surface area contributed by atoms with Crippen LogP contribution < -0.4 is 11.1 Å².